The van der Waals surface area contributed by atoms with Gasteiger partial charge in [-0.05, 0) is 44.0 Å². The molecular weight excluding hydrogens is 390 g/mol. The SMILES string of the molecule is Cc1nn(-c2ccc(Cl)cc2)cc1-c1noc(C(=O)NC2CCCCCCC2)n1. The average Bonchev–Trinajstić information content (AvgIpc) is 3.31. The van der Waals surface area contributed by atoms with Crippen molar-refractivity contribution in [2.24, 2.45) is 0 Å². The highest BCUT2D eigenvalue weighted by molar-refractivity contribution is 6.30. The van der Waals surface area contributed by atoms with Gasteiger partial charge in [0.15, 0.2) is 0 Å². The van der Waals surface area contributed by atoms with Crippen LogP contribution in [-0.2, 0) is 0 Å². The molecule has 1 aliphatic rings. The van der Waals surface area contributed by atoms with Crippen molar-refractivity contribution < 1.29 is 9.32 Å². The van der Waals surface area contributed by atoms with Gasteiger partial charge in [-0.15, -0.1) is 0 Å². The molecule has 3 aromatic rings. The molecule has 2 heterocycles. The van der Waals surface area contributed by atoms with E-state index in [2.05, 4.69) is 20.6 Å². The van der Waals surface area contributed by atoms with Crippen LogP contribution in [0.15, 0.2) is 35.0 Å². The summed E-state index contributed by atoms with van der Waals surface area (Å²) in [4.78, 5) is 16.9. The molecule has 2 aromatic heterocycles. The van der Waals surface area contributed by atoms with Crippen molar-refractivity contribution in [3.8, 4) is 17.1 Å². The van der Waals surface area contributed by atoms with Crippen molar-refractivity contribution in [2.45, 2.75) is 57.9 Å². The standard InChI is InChI=1S/C21H24ClN5O2/c1-14-18(13-27(25-14)17-11-9-15(22)10-12-17)19-24-21(29-26-19)20(28)23-16-7-5-3-2-4-6-8-16/h9-13,16H,2-8H2,1H3,(H,23,28). The van der Waals surface area contributed by atoms with Crippen LogP contribution in [0.3, 0.4) is 0 Å². The third kappa shape index (κ3) is 4.67. The first-order valence-electron chi connectivity index (χ1n) is 10.1. The number of aromatic nitrogens is 4. The number of nitrogens with one attached hydrogen (secondary N) is 1. The number of halogens is 1. The first-order valence-corrected chi connectivity index (χ1v) is 10.4. The molecule has 152 valence electrons. The van der Waals surface area contributed by atoms with Gasteiger partial charge in [0.05, 0.1) is 16.9 Å². The van der Waals surface area contributed by atoms with Crippen molar-refractivity contribution >= 4 is 17.5 Å². The predicted octanol–water partition coefficient (Wildman–Crippen LogP) is 4.73. The van der Waals surface area contributed by atoms with Gasteiger partial charge in [-0.2, -0.15) is 10.1 Å². The molecule has 8 heteroatoms. The molecule has 0 bridgehead atoms. The number of hydrogen-bond acceptors (Lipinski definition) is 5. The van der Waals surface area contributed by atoms with E-state index in [1.165, 1.54) is 19.3 Å². The summed E-state index contributed by atoms with van der Waals surface area (Å²) in [7, 11) is 0. The van der Waals surface area contributed by atoms with Gasteiger partial charge in [-0.25, -0.2) is 4.68 Å². The number of nitrogens with zero attached hydrogens (tertiary/aromatic N) is 4. The largest absolute Gasteiger partial charge is 0.345 e. The van der Waals surface area contributed by atoms with E-state index in [0.29, 0.717) is 16.4 Å². The second-order valence-electron chi connectivity index (χ2n) is 7.49. The fraction of sp³-hybridized carbons (Fsp3) is 0.429. The van der Waals surface area contributed by atoms with Crippen molar-refractivity contribution in [2.75, 3.05) is 0 Å². The Labute approximate surface area is 174 Å². The molecule has 0 aliphatic heterocycles. The fourth-order valence-corrected chi connectivity index (χ4v) is 3.80. The maximum atomic E-state index is 12.6. The van der Waals surface area contributed by atoms with Gasteiger partial charge in [0.1, 0.15) is 0 Å². The van der Waals surface area contributed by atoms with Crippen LogP contribution in [0.2, 0.25) is 5.02 Å². The molecule has 0 spiro atoms. The summed E-state index contributed by atoms with van der Waals surface area (Å²) in [5, 5.41) is 12.2. The Hall–Kier alpha value is -2.67. The van der Waals surface area contributed by atoms with Gasteiger partial charge in [0.2, 0.25) is 5.82 Å². The zero-order chi connectivity index (χ0) is 20.2. The second-order valence-corrected chi connectivity index (χ2v) is 7.92. The lowest BCUT2D eigenvalue weighted by atomic mass is 9.97. The quantitative estimate of drug-likeness (QED) is 0.668. The van der Waals surface area contributed by atoms with Crippen molar-refractivity contribution in [3.05, 3.63) is 47.1 Å². The highest BCUT2D eigenvalue weighted by Gasteiger charge is 2.22. The third-order valence-electron chi connectivity index (χ3n) is 5.29. The monoisotopic (exact) mass is 413 g/mol. The molecule has 0 saturated heterocycles. The predicted molar refractivity (Wildman–Crippen MR) is 110 cm³/mol. The zero-order valence-corrected chi connectivity index (χ0v) is 17.2. The third-order valence-corrected chi connectivity index (χ3v) is 5.54. The summed E-state index contributed by atoms with van der Waals surface area (Å²) < 4.78 is 6.96. The van der Waals surface area contributed by atoms with E-state index in [1.54, 1.807) is 16.8 Å². The summed E-state index contributed by atoms with van der Waals surface area (Å²) in [6.45, 7) is 1.87. The lowest BCUT2D eigenvalue weighted by molar-refractivity contribution is 0.0886. The molecule has 0 atom stereocenters. The maximum Gasteiger partial charge on any atom is 0.316 e. The molecule has 1 aromatic carbocycles. The Bertz CT molecular complexity index is 971. The highest BCUT2D eigenvalue weighted by atomic mass is 35.5. The van der Waals surface area contributed by atoms with Crippen LogP contribution in [0, 0.1) is 6.92 Å². The number of hydrogen-bond donors (Lipinski definition) is 1. The molecular formula is C21H24ClN5O2. The molecule has 0 radical (unpaired) electrons. The van der Waals surface area contributed by atoms with Crippen molar-refractivity contribution in [1.82, 2.24) is 25.2 Å². The smallest absolute Gasteiger partial charge is 0.316 e. The van der Waals surface area contributed by atoms with Crippen LogP contribution in [-0.4, -0.2) is 31.9 Å². The van der Waals surface area contributed by atoms with Crippen LogP contribution in [0.4, 0.5) is 0 Å². The molecule has 1 fully saturated rings. The number of carbonyl (C=O) groups is 1. The van der Waals surface area contributed by atoms with Gasteiger partial charge < -0.3 is 9.84 Å². The molecule has 1 N–H and O–H groups in total. The molecule has 0 unspecified atom stereocenters. The fourth-order valence-electron chi connectivity index (χ4n) is 3.68. The van der Waals surface area contributed by atoms with E-state index in [1.807, 2.05) is 25.3 Å². The van der Waals surface area contributed by atoms with Crippen molar-refractivity contribution in [1.29, 1.82) is 0 Å². The van der Waals surface area contributed by atoms with Crippen molar-refractivity contribution in [3.63, 3.8) is 0 Å². The van der Waals surface area contributed by atoms with Gasteiger partial charge in [0.25, 0.3) is 0 Å². The molecule has 1 aliphatic carbocycles. The van der Waals surface area contributed by atoms with Gasteiger partial charge in [0, 0.05) is 17.3 Å². The van der Waals surface area contributed by atoms with E-state index in [-0.39, 0.29) is 17.8 Å². The molecule has 29 heavy (non-hydrogen) atoms. The lowest BCUT2D eigenvalue weighted by Crippen LogP contribution is -2.35. The Morgan fingerprint density at radius 1 is 1.14 bits per heavy atom. The summed E-state index contributed by atoms with van der Waals surface area (Å²) in [5.41, 5.74) is 2.33. The van der Waals surface area contributed by atoms with Crippen LogP contribution < -0.4 is 5.32 Å². The van der Waals surface area contributed by atoms with E-state index in [9.17, 15) is 4.79 Å². The van der Waals surface area contributed by atoms with Crippen LogP contribution >= 0.6 is 11.6 Å². The van der Waals surface area contributed by atoms with E-state index >= 15 is 0 Å². The Kier molecular flexibility index (Phi) is 5.94. The number of aryl methyl sites for hydroxylation is 1. The Morgan fingerprint density at radius 2 is 1.83 bits per heavy atom. The maximum absolute atomic E-state index is 12.6. The number of amides is 1. The van der Waals surface area contributed by atoms with Crippen LogP contribution in [0.25, 0.3) is 17.1 Å². The zero-order valence-electron chi connectivity index (χ0n) is 16.4. The molecule has 1 saturated carbocycles. The van der Waals surface area contributed by atoms with Gasteiger partial charge in [-0.3, -0.25) is 4.79 Å². The summed E-state index contributed by atoms with van der Waals surface area (Å²) in [6, 6.07) is 7.54. The number of rotatable bonds is 4. The van der Waals surface area contributed by atoms with E-state index in [0.717, 1.165) is 37.1 Å². The lowest BCUT2D eigenvalue weighted by Gasteiger charge is -2.19. The summed E-state index contributed by atoms with van der Waals surface area (Å²) in [6.07, 6.45) is 9.85. The minimum atomic E-state index is -0.308. The summed E-state index contributed by atoms with van der Waals surface area (Å²) in [5.74, 6) is 0.0308. The topological polar surface area (TPSA) is 85.8 Å². The minimum absolute atomic E-state index is 0.0132. The first-order chi connectivity index (χ1) is 14.1. The molecule has 7 nitrogen and oxygen atoms in total. The molecule has 1 amide bonds. The van der Waals surface area contributed by atoms with E-state index in [4.69, 9.17) is 16.1 Å². The number of carbonyl (C=O) groups excluding carboxylic acids is 1. The summed E-state index contributed by atoms with van der Waals surface area (Å²) >= 11 is 5.95. The molecule has 4 rings (SSSR count). The Balaban J connectivity index is 1.48. The van der Waals surface area contributed by atoms with Gasteiger partial charge >= 0.3 is 11.8 Å². The van der Waals surface area contributed by atoms with Crippen LogP contribution in [0.1, 0.15) is 61.3 Å². The normalized spacial score (nSPS) is 15.7. The first kappa shape index (κ1) is 19.6. The highest BCUT2D eigenvalue weighted by Crippen LogP contribution is 2.23. The minimum Gasteiger partial charge on any atom is -0.345 e. The number of benzene rings is 1. The second kappa shape index (κ2) is 8.78. The van der Waals surface area contributed by atoms with Crippen LogP contribution in [0.5, 0.6) is 0 Å². The average molecular weight is 414 g/mol. The Morgan fingerprint density at radius 3 is 2.55 bits per heavy atom. The van der Waals surface area contributed by atoms with Gasteiger partial charge in [-0.1, -0.05) is 48.9 Å². The van der Waals surface area contributed by atoms with E-state index < -0.39 is 0 Å².